The average Bonchev–Trinajstić information content (AvgIpc) is 3.62. The first kappa shape index (κ1) is 22.9. The molecule has 36 heavy (non-hydrogen) atoms. The van der Waals surface area contributed by atoms with Crippen LogP contribution in [-0.4, -0.2) is 55.4 Å². The van der Waals surface area contributed by atoms with E-state index in [1.54, 1.807) is 12.3 Å². The van der Waals surface area contributed by atoms with Crippen LogP contribution in [-0.2, 0) is 11.3 Å². The summed E-state index contributed by atoms with van der Waals surface area (Å²) in [5.74, 6) is 2.31. The van der Waals surface area contributed by atoms with Crippen molar-refractivity contribution < 1.29 is 23.4 Å². The SMILES string of the molecule is O=C(c1ccoc1)N(CCC1=CCCCC1)Cc1cc2cc3c(cc2nc1N1CCOCC1)OCO3. The van der Waals surface area contributed by atoms with Crippen molar-refractivity contribution in [1.82, 2.24) is 9.88 Å². The minimum atomic E-state index is -0.0288. The number of aromatic nitrogens is 1. The quantitative estimate of drug-likeness (QED) is 0.436. The fourth-order valence-electron chi connectivity index (χ4n) is 5.20. The van der Waals surface area contributed by atoms with Crippen LogP contribution < -0.4 is 14.4 Å². The Morgan fingerprint density at radius 2 is 1.94 bits per heavy atom. The summed E-state index contributed by atoms with van der Waals surface area (Å²) < 4.78 is 22.0. The largest absolute Gasteiger partial charge is 0.472 e. The zero-order valence-electron chi connectivity index (χ0n) is 20.4. The molecule has 0 atom stereocenters. The smallest absolute Gasteiger partial charge is 0.257 e. The summed E-state index contributed by atoms with van der Waals surface area (Å²) >= 11 is 0. The molecule has 2 aromatic heterocycles. The van der Waals surface area contributed by atoms with Gasteiger partial charge in [-0.25, -0.2) is 4.98 Å². The summed E-state index contributed by atoms with van der Waals surface area (Å²) in [6.45, 7) is 4.17. The Kier molecular flexibility index (Phi) is 6.51. The van der Waals surface area contributed by atoms with Crippen LogP contribution in [0.3, 0.4) is 0 Å². The number of ether oxygens (including phenoxy) is 3. The van der Waals surface area contributed by atoms with E-state index in [1.165, 1.54) is 24.7 Å². The Morgan fingerprint density at radius 3 is 2.72 bits per heavy atom. The molecule has 1 aromatic carbocycles. The van der Waals surface area contributed by atoms with Crippen molar-refractivity contribution in [2.75, 3.05) is 44.5 Å². The van der Waals surface area contributed by atoms with Crippen LogP contribution >= 0.6 is 0 Å². The van der Waals surface area contributed by atoms with Gasteiger partial charge < -0.3 is 28.4 Å². The molecule has 188 valence electrons. The summed E-state index contributed by atoms with van der Waals surface area (Å²) in [4.78, 5) is 22.8. The maximum absolute atomic E-state index is 13.5. The molecule has 1 amide bonds. The fourth-order valence-corrected chi connectivity index (χ4v) is 5.20. The van der Waals surface area contributed by atoms with Crippen molar-refractivity contribution in [3.63, 3.8) is 0 Å². The van der Waals surface area contributed by atoms with E-state index < -0.39 is 0 Å². The van der Waals surface area contributed by atoms with Crippen molar-refractivity contribution in [3.05, 3.63) is 59.6 Å². The van der Waals surface area contributed by atoms with Crippen molar-refractivity contribution >= 4 is 22.6 Å². The normalized spacial score (nSPS) is 17.3. The van der Waals surface area contributed by atoms with Gasteiger partial charge in [0, 0.05) is 43.2 Å². The maximum Gasteiger partial charge on any atom is 0.257 e. The lowest BCUT2D eigenvalue weighted by Gasteiger charge is -2.31. The van der Waals surface area contributed by atoms with E-state index >= 15 is 0 Å². The molecule has 3 aliphatic rings. The number of pyridine rings is 1. The van der Waals surface area contributed by atoms with Gasteiger partial charge in [0.15, 0.2) is 11.5 Å². The number of fused-ring (bicyclic) bond motifs is 2. The number of amides is 1. The topological polar surface area (TPSA) is 77.3 Å². The van der Waals surface area contributed by atoms with Gasteiger partial charge in [0.25, 0.3) is 5.91 Å². The molecule has 2 aliphatic heterocycles. The summed E-state index contributed by atoms with van der Waals surface area (Å²) in [5, 5.41) is 0.969. The number of anilines is 1. The molecule has 0 saturated carbocycles. The predicted molar refractivity (Wildman–Crippen MR) is 136 cm³/mol. The zero-order valence-corrected chi connectivity index (χ0v) is 20.4. The minimum Gasteiger partial charge on any atom is -0.472 e. The first-order valence-electron chi connectivity index (χ1n) is 12.8. The summed E-state index contributed by atoms with van der Waals surface area (Å²) in [5.41, 5.74) is 3.88. The molecule has 0 radical (unpaired) electrons. The molecule has 0 unspecified atom stereocenters. The lowest BCUT2D eigenvalue weighted by Crippen LogP contribution is -2.38. The van der Waals surface area contributed by atoms with Crippen LogP contribution in [0.15, 0.2) is 52.9 Å². The summed E-state index contributed by atoms with van der Waals surface area (Å²) in [7, 11) is 0. The van der Waals surface area contributed by atoms with Crippen LogP contribution in [0.2, 0.25) is 0 Å². The van der Waals surface area contributed by atoms with Crippen molar-refractivity contribution in [2.24, 2.45) is 0 Å². The number of furan rings is 1. The van der Waals surface area contributed by atoms with Crippen LogP contribution in [0.4, 0.5) is 5.82 Å². The second kappa shape index (κ2) is 10.2. The van der Waals surface area contributed by atoms with Gasteiger partial charge in [-0.1, -0.05) is 11.6 Å². The Balaban J connectivity index is 1.36. The number of benzene rings is 1. The first-order valence-corrected chi connectivity index (χ1v) is 12.8. The number of morpholine rings is 1. The number of carbonyl (C=O) groups excluding carboxylic acids is 1. The number of rotatable bonds is 7. The Labute approximate surface area is 210 Å². The molecule has 3 aromatic rings. The second-order valence-corrected chi connectivity index (χ2v) is 9.57. The summed E-state index contributed by atoms with van der Waals surface area (Å²) in [6.07, 6.45) is 11.1. The molecule has 8 nitrogen and oxygen atoms in total. The molecular formula is C28H31N3O5. The lowest BCUT2D eigenvalue weighted by atomic mass is 9.97. The Bertz CT molecular complexity index is 1260. The van der Waals surface area contributed by atoms with E-state index in [0.717, 1.165) is 60.4 Å². The number of hydrogen-bond acceptors (Lipinski definition) is 7. The van der Waals surface area contributed by atoms with Gasteiger partial charge in [0.1, 0.15) is 12.1 Å². The maximum atomic E-state index is 13.5. The van der Waals surface area contributed by atoms with Gasteiger partial charge in [-0.05, 0) is 50.3 Å². The third kappa shape index (κ3) is 4.78. The van der Waals surface area contributed by atoms with Crippen molar-refractivity contribution in [3.8, 4) is 11.5 Å². The fraction of sp³-hybridized carbons (Fsp3) is 0.429. The second-order valence-electron chi connectivity index (χ2n) is 9.57. The monoisotopic (exact) mass is 489 g/mol. The standard InChI is InChI=1S/C28H31N3O5/c32-28(21-7-11-34-18-21)31(8-6-20-4-2-1-3-5-20)17-23-14-22-15-25-26(36-19-35-25)16-24(22)29-27(23)30-9-12-33-13-10-30/h4,7,11,14-16,18H,1-3,5-6,8-10,12-13,17,19H2. The molecular weight excluding hydrogens is 458 g/mol. The number of carbonyl (C=O) groups is 1. The lowest BCUT2D eigenvalue weighted by molar-refractivity contribution is 0.0743. The number of allylic oxidation sites excluding steroid dienone is 1. The van der Waals surface area contributed by atoms with E-state index in [-0.39, 0.29) is 12.7 Å². The highest BCUT2D eigenvalue weighted by atomic mass is 16.7. The van der Waals surface area contributed by atoms with Crippen LogP contribution in [0.25, 0.3) is 10.9 Å². The highest BCUT2D eigenvalue weighted by molar-refractivity contribution is 5.94. The third-order valence-corrected chi connectivity index (χ3v) is 7.18. The molecule has 1 fully saturated rings. The molecule has 8 heteroatoms. The van der Waals surface area contributed by atoms with E-state index in [1.807, 2.05) is 17.0 Å². The highest BCUT2D eigenvalue weighted by Crippen LogP contribution is 2.37. The average molecular weight is 490 g/mol. The number of hydrogen-bond donors (Lipinski definition) is 0. The van der Waals surface area contributed by atoms with E-state index in [4.69, 9.17) is 23.6 Å². The van der Waals surface area contributed by atoms with Gasteiger partial charge in [0.2, 0.25) is 6.79 Å². The van der Waals surface area contributed by atoms with Gasteiger partial charge in [-0.15, -0.1) is 0 Å². The molecule has 0 N–H and O–H groups in total. The van der Waals surface area contributed by atoms with Crippen molar-refractivity contribution in [2.45, 2.75) is 38.6 Å². The molecule has 6 rings (SSSR count). The third-order valence-electron chi connectivity index (χ3n) is 7.18. The molecule has 0 bridgehead atoms. The molecule has 0 spiro atoms. The van der Waals surface area contributed by atoms with E-state index in [9.17, 15) is 4.79 Å². The molecule has 1 aliphatic carbocycles. The minimum absolute atomic E-state index is 0.0288. The molecule has 4 heterocycles. The predicted octanol–water partition coefficient (Wildman–Crippen LogP) is 4.93. The molecule has 1 saturated heterocycles. The van der Waals surface area contributed by atoms with Gasteiger partial charge in [-0.3, -0.25) is 4.79 Å². The highest BCUT2D eigenvalue weighted by Gasteiger charge is 2.24. The van der Waals surface area contributed by atoms with Gasteiger partial charge >= 0.3 is 0 Å². The van der Waals surface area contributed by atoms with Gasteiger partial charge in [0.05, 0.1) is 30.6 Å². The van der Waals surface area contributed by atoms with E-state index in [2.05, 4.69) is 17.0 Å². The van der Waals surface area contributed by atoms with Gasteiger partial charge in [-0.2, -0.15) is 0 Å². The van der Waals surface area contributed by atoms with Crippen LogP contribution in [0, 0.1) is 0 Å². The van der Waals surface area contributed by atoms with Crippen molar-refractivity contribution in [1.29, 1.82) is 0 Å². The Morgan fingerprint density at radius 1 is 1.08 bits per heavy atom. The summed E-state index contributed by atoms with van der Waals surface area (Å²) in [6, 6.07) is 7.80. The van der Waals surface area contributed by atoms with E-state index in [0.29, 0.717) is 37.6 Å². The number of nitrogens with zero attached hydrogens (tertiary/aromatic N) is 3. The first-order chi connectivity index (χ1) is 17.7. The van der Waals surface area contributed by atoms with Crippen LogP contribution in [0.5, 0.6) is 11.5 Å². The van der Waals surface area contributed by atoms with Crippen LogP contribution in [0.1, 0.15) is 48.0 Å². The Hall–Kier alpha value is -3.52. The zero-order chi connectivity index (χ0) is 24.3.